The summed E-state index contributed by atoms with van der Waals surface area (Å²) in [6, 6.07) is 7.36. The van der Waals surface area contributed by atoms with Crippen LogP contribution in [0, 0.1) is 23.2 Å². The van der Waals surface area contributed by atoms with Crippen molar-refractivity contribution < 1.29 is 13.9 Å². The largest absolute Gasteiger partial charge is 0.469 e. The average Bonchev–Trinajstić information content (AvgIpc) is 3.52. The van der Waals surface area contributed by atoms with Crippen molar-refractivity contribution >= 4 is 11.5 Å². The van der Waals surface area contributed by atoms with E-state index in [1.165, 1.54) is 25.6 Å². The van der Waals surface area contributed by atoms with Gasteiger partial charge < -0.3 is 4.74 Å². The number of rotatable bonds is 5. The molecular weight excluding hydrogens is 435 g/mol. The molecule has 0 saturated heterocycles. The first-order chi connectivity index (χ1) is 16.6. The Bertz CT molecular complexity index is 1380. The second kappa shape index (κ2) is 9.06. The topological polar surface area (TPSA) is 98.1 Å². The summed E-state index contributed by atoms with van der Waals surface area (Å²) in [6.07, 6.45) is 13.0. The van der Waals surface area contributed by atoms with Crippen molar-refractivity contribution in [2.45, 2.75) is 38.1 Å². The first-order valence-corrected chi connectivity index (χ1v) is 11.2. The highest BCUT2D eigenvalue weighted by Gasteiger charge is 2.25. The number of fused-ring (bicyclic) bond motifs is 1. The molecule has 0 bridgehead atoms. The highest BCUT2D eigenvalue weighted by Crippen LogP contribution is 2.36. The van der Waals surface area contributed by atoms with Gasteiger partial charge >= 0.3 is 5.97 Å². The zero-order valence-electron chi connectivity index (χ0n) is 18.7. The second-order valence-electron chi connectivity index (χ2n) is 8.64. The van der Waals surface area contributed by atoms with Crippen molar-refractivity contribution in [3.8, 4) is 28.3 Å². The molecule has 0 amide bonds. The fraction of sp³-hybridized carbons (Fsp3) is 0.320. The predicted octanol–water partition coefficient (Wildman–Crippen LogP) is 4.56. The van der Waals surface area contributed by atoms with E-state index in [9.17, 15) is 14.4 Å². The third-order valence-electron chi connectivity index (χ3n) is 6.58. The molecule has 0 unspecified atom stereocenters. The van der Waals surface area contributed by atoms with E-state index in [1.54, 1.807) is 10.6 Å². The zero-order valence-corrected chi connectivity index (χ0v) is 18.7. The maximum Gasteiger partial charge on any atom is 0.305 e. The molecule has 0 spiro atoms. The molecule has 0 N–H and O–H groups in total. The molecule has 5 rings (SSSR count). The summed E-state index contributed by atoms with van der Waals surface area (Å²) in [5.74, 6) is -0.347. The number of halogens is 1. The number of pyridine rings is 2. The number of hydrogen-bond donors (Lipinski definition) is 0. The van der Waals surface area contributed by atoms with Crippen molar-refractivity contribution in [2.24, 2.45) is 5.92 Å². The first-order valence-electron chi connectivity index (χ1n) is 11.2. The lowest BCUT2D eigenvalue weighted by Crippen LogP contribution is -2.20. The molecule has 4 heterocycles. The molecule has 0 aliphatic heterocycles. The molecule has 34 heavy (non-hydrogen) atoms. The fourth-order valence-corrected chi connectivity index (χ4v) is 4.74. The third-order valence-corrected chi connectivity index (χ3v) is 6.58. The van der Waals surface area contributed by atoms with Gasteiger partial charge in [-0.1, -0.05) is 0 Å². The van der Waals surface area contributed by atoms with Crippen LogP contribution in [0.5, 0.6) is 0 Å². The van der Waals surface area contributed by atoms with Gasteiger partial charge in [0.25, 0.3) is 0 Å². The third kappa shape index (κ3) is 4.15. The summed E-state index contributed by atoms with van der Waals surface area (Å²) in [7, 11) is 1.43. The van der Waals surface area contributed by atoms with Crippen molar-refractivity contribution in [3.63, 3.8) is 0 Å². The minimum absolute atomic E-state index is 0.148. The van der Waals surface area contributed by atoms with E-state index in [1.807, 2.05) is 29.3 Å². The molecule has 0 atom stereocenters. The molecule has 0 aromatic carbocycles. The van der Waals surface area contributed by atoms with E-state index < -0.39 is 5.95 Å². The fourth-order valence-electron chi connectivity index (χ4n) is 4.74. The number of hydrogen-bond acceptors (Lipinski definition) is 6. The highest BCUT2D eigenvalue weighted by molar-refractivity contribution is 5.87. The van der Waals surface area contributed by atoms with E-state index in [2.05, 4.69) is 21.3 Å². The Morgan fingerprint density at radius 2 is 1.94 bits per heavy atom. The SMILES string of the molecule is COC(=O)CC1CCC(n2cc(-c3cc(-c4ccc(F)nc4)c4c(C#N)cnn4c3)cn2)CC1. The number of aromatic nitrogens is 5. The van der Waals surface area contributed by atoms with Crippen LogP contribution in [0.4, 0.5) is 4.39 Å². The van der Waals surface area contributed by atoms with Crippen LogP contribution in [0.15, 0.2) is 49.2 Å². The van der Waals surface area contributed by atoms with Gasteiger partial charge in [0.15, 0.2) is 0 Å². The summed E-state index contributed by atoms with van der Waals surface area (Å²) in [5, 5.41) is 18.5. The molecular formula is C25H23FN6O2. The summed E-state index contributed by atoms with van der Waals surface area (Å²) >= 11 is 0. The van der Waals surface area contributed by atoms with E-state index in [-0.39, 0.29) is 12.0 Å². The van der Waals surface area contributed by atoms with Gasteiger partial charge in [-0.15, -0.1) is 0 Å². The molecule has 1 fully saturated rings. The number of carbonyl (C=O) groups excluding carboxylic acids is 1. The maximum atomic E-state index is 13.4. The van der Waals surface area contributed by atoms with E-state index >= 15 is 0 Å². The Morgan fingerprint density at radius 3 is 2.65 bits per heavy atom. The minimum atomic E-state index is -0.562. The van der Waals surface area contributed by atoms with Crippen molar-refractivity contribution in [3.05, 3.63) is 60.7 Å². The van der Waals surface area contributed by atoms with E-state index in [4.69, 9.17) is 4.74 Å². The number of nitrogens with zero attached hydrogens (tertiary/aromatic N) is 6. The van der Waals surface area contributed by atoms with Gasteiger partial charge in [-0.3, -0.25) is 9.48 Å². The van der Waals surface area contributed by atoms with Gasteiger partial charge in [-0.05, 0) is 49.8 Å². The lowest BCUT2D eigenvalue weighted by atomic mass is 9.84. The quantitative estimate of drug-likeness (QED) is 0.321. The molecule has 8 nitrogen and oxygen atoms in total. The van der Waals surface area contributed by atoms with Crippen LogP contribution in [0.3, 0.4) is 0 Å². The molecule has 1 aliphatic rings. The monoisotopic (exact) mass is 458 g/mol. The molecule has 4 aromatic rings. The van der Waals surface area contributed by atoms with Crippen LogP contribution in [-0.2, 0) is 9.53 Å². The first kappa shape index (κ1) is 21.8. The average molecular weight is 458 g/mol. The molecule has 1 aliphatic carbocycles. The van der Waals surface area contributed by atoms with Crippen LogP contribution in [0.2, 0.25) is 0 Å². The number of nitriles is 1. The minimum Gasteiger partial charge on any atom is -0.469 e. The highest BCUT2D eigenvalue weighted by atomic mass is 19.1. The predicted molar refractivity (Wildman–Crippen MR) is 122 cm³/mol. The number of methoxy groups -OCH3 is 1. The Morgan fingerprint density at radius 1 is 1.12 bits per heavy atom. The Hall–Kier alpha value is -4.06. The standard InChI is InChI=1S/C25H23FN6O2/c1-34-24(33)8-16-2-5-21(6-3-16)31-15-20(13-29-31)18-9-22(17-4-7-23(26)28-11-17)25-19(10-27)12-30-32(25)14-18/h4,7,9,11-16,21H,2-3,5-6,8H2,1H3. The summed E-state index contributed by atoms with van der Waals surface area (Å²) in [6.45, 7) is 0. The zero-order chi connectivity index (χ0) is 23.7. The number of carbonyl (C=O) groups is 1. The van der Waals surface area contributed by atoms with Gasteiger partial charge in [0.2, 0.25) is 5.95 Å². The smallest absolute Gasteiger partial charge is 0.305 e. The summed E-state index contributed by atoms with van der Waals surface area (Å²) < 4.78 is 21.9. The number of esters is 1. The van der Waals surface area contributed by atoms with Crippen molar-refractivity contribution in [1.29, 1.82) is 5.26 Å². The Labute approximate surface area is 195 Å². The lowest BCUT2D eigenvalue weighted by molar-refractivity contribution is -0.142. The molecule has 9 heteroatoms. The van der Waals surface area contributed by atoms with Crippen molar-refractivity contribution in [2.75, 3.05) is 7.11 Å². The van der Waals surface area contributed by atoms with Crippen LogP contribution < -0.4 is 0 Å². The normalized spacial score (nSPS) is 18.0. The molecule has 1 saturated carbocycles. The van der Waals surface area contributed by atoms with Gasteiger partial charge in [0, 0.05) is 47.3 Å². The summed E-state index contributed by atoms with van der Waals surface area (Å²) in [4.78, 5) is 15.3. The Kier molecular flexibility index (Phi) is 5.80. The van der Waals surface area contributed by atoms with E-state index in [0.717, 1.165) is 42.4 Å². The van der Waals surface area contributed by atoms with E-state index in [0.29, 0.717) is 29.0 Å². The maximum absolute atomic E-state index is 13.4. The van der Waals surface area contributed by atoms with Crippen LogP contribution in [-0.4, -0.2) is 37.5 Å². The molecule has 0 radical (unpaired) electrons. The second-order valence-corrected chi connectivity index (χ2v) is 8.64. The van der Waals surface area contributed by atoms with Gasteiger partial charge in [-0.25, -0.2) is 9.50 Å². The van der Waals surface area contributed by atoms with Crippen LogP contribution in [0.1, 0.15) is 43.7 Å². The van der Waals surface area contributed by atoms with Gasteiger partial charge in [0.1, 0.15) is 6.07 Å². The molecule has 172 valence electrons. The van der Waals surface area contributed by atoms with Crippen LogP contribution >= 0.6 is 0 Å². The lowest BCUT2D eigenvalue weighted by Gasteiger charge is -2.28. The Balaban J connectivity index is 1.44. The van der Waals surface area contributed by atoms with Gasteiger partial charge in [0.05, 0.1) is 36.6 Å². The molecule has 4 aromatic heterocycles. The summed E-state index contributed by atoms with van der Waals surface area (Å²) in [5.41, 5.74) is 4.33. The van der Waals surface area contributed by atoms with Crippen molar-refractivity contribution in [1.82, 2.24) is 24.4 Å². The number of ether oxygens (including phenoxy) is 1. The van der Waals surface area contributed by atoms with Crippen LogP contribution in [0.25, 0.3) is 27.8 Å². The van der Waals surface area contributed by atoms with Gasteiger partial charge in [-0.2, -0.15) is 19.8 Å².